The Morgan fingerprint density at radius 1 is 1.04 bits per heavy atom. The van der Waals surface area contributed by atoms with Crippen LogP contribution in [0.1, 0.15) is 27.1 Å². The number of amides is 1. The highest BCUT2D eigenvalue weighted by molar-refractivity contribution is 5.95. The molecule has 6 heteroatoms. The van der Waals surface area contributed by atoms with Gasteiger partial charge in [0.05, 0.1) is 25.8 Å². The molecule has 1 amide bonds. The van der Waals surface area contributed by atoms with Crippen LogP contribution in [0.4, 0.5) is 0 Å². The highest BCUT2D eigenvalue weighted by Gasteiger charge is 2.37. The van der Waals surface area contributed by atoms with Gasteiger partial charge in [-0.3, -0.25) is 4.79 Å². The minimum absolute atomic E-state index is 0.138. The Balaban J connectivity index is 1.72. The number of nitrogens with zero attached hydrogens (tertiary/aromatic N) is 1. The Morgan fingerprint density at radius 2 is 1.58 bits per heavy atom. The van der Waals surface area contributed by atoms with E-state index in [9.17, 15) is 19.8 Å². The Hall–Kier alpha value is -2.70. The Labute approximate surface area is 151 Å². The SMILES string of the molecule is COC(=O)c1ccc(-c2ccc(C(=O)N3CC[C@@](O)(CO)C3)cc2)cc1. The normalized spacial score (nSPS) is 19.4. The van der Waals surface area contributed by atoms with E-state index in [1.54, 1.807) is 29.2 Å². The highest BCUT2D eigenvalue weighted by Crippen LogP contribution is 2.24. The monoisotopic (exact) mass is 355 g/mol. The summed E-state index contributed by atoms with van der Waals surface area (Å²) >= 11 is 0. The first-order valence-electron chi connectivity index (χ1n) is 8.37. The molecule has 2 N–H and O–H groups in total. The van der Waals surface area contributed by atoms with Crippen LogP contribution in [0.3, 0.4) is 0 Å². The third-order valence-corrected chi connectivity index (χ3v) is 4.68. The number of ether oxygens (including phenoxy) is 1. The lowest BCUT2D eigenvalue weighted by Gasteiger charge is -2.21. The second-order valence-electron chi connectivity index (χ2n) is 6.51. The standard InChI is InChI=1S/C20H21NO5/c1-26-19(24)17-8-4-15(5-9-17)14-2-6-16(7-3-14)18(23)21-11-10-20(25,12-21)13-22/h2-9,22,25H,10-13H2,1H3/t20-/m0/s1. The predicted molar refractivity (Wildman–Crippen MR) is 95.8 cm³/mol. The molecule has 26 heavy (non-hydrogen) atoms. The molecule has 0 aliphatic carbocycles. The zero-order valence-electron chi connectivity index (χ0n) is 14.5. The molecule has 1 heterocycles. The van der Waals surface area contributed by atoms with Gasteiger partial charge in [0.25, 0.3) is 5.91 Å². The van der Waals surface area contributed by atoms with Gasteiger partial charge in [0.1, 0.15) is 5.60 Å². The number of aliphatic hydroxyl groups is 2. The second-order valence-corrected chi connectivity index (χ2v) is 6.51. The number of aliphatic hydroxyl groups excluding tert-OH is 1. The third-order valence-electron chi connectivity index (χ3n) is 4.68. The molecule has 1 fully saturated rings. The minimum Gasteiger partial charge on any atom is -0.465 e. The Kier molecular flexibility index (Phi) is 5.06. The number of hydrogen-bond donors (Lipinski definition) is 2. The molecule has 0 saturated carbocycles. The number of hydrogen-bond acceptors (Lipinski definition) is 5. The quantitative estimate of drug-likeness (QED) is 0.816. The average molecular weight is 355 g/mol. The van der Waals surface area contributed by atoms with Gasteiger partial charge in [0.15, 0.2) is 0 Å². The summed E-state index contributed by atoms with van der Waals surface area (Å²) < 4.78 is 4.68. The lowest BCUT2D eigenvalue weighted by Crippen LogP contribution is -2.38. The molecule has 2 aromatic rings. The van der Waals surface area contributed by atoms with Gasteiger partial charge in [-0.15, -0.1) is 0 Å². The molecule has 0 spiro atoms. The molecule has 0 aromatic heterocycles. The van der Waals surface area contributed by atoms with Crippen molar-refractivity contribution in [3.63, 3.8) is 0 Å². The van der Waals surface area contributed by atoms with E-state index in [1.807, 2.05) is 24.3 Å². The summed E-state index contributed by atoms with van der Waals surface area (Å²) in [6.45, 7) is 0.211. The van der Waals surface area contributed by atoms with Crippen LogP contribution in [0.25, 0.3) is 11.1 Å². The molecule has 1 aliphatic heterocycles. The number of methoxy groups -OCH3 is 1. The Bertz CT molecular complexity index is 800. The fourth-order valence-electron chi connectivity index (χ4n) is 3.06. The molecule has 1 aliphatic rings. The largest absolute Gasteiger partial charge is 0.465 e. The first-order valence-corrected chi connectivity index (χ1v) is 8.37. The molecule has 0 bridgehead atoms. The zero-order valence-corrected chi connectivity index (χ0v) is 14.5. The van der Waals surface area contributed by atoms with Crippen molar-refractivity contribution >= 4 is 11.9 Å². The summed E-state index contributed by atoms with van der Waals surface area (Å²) in [4.78, 5) is 25.6. The van der Waals surface area contributed by atoms with Gasteiger partial charge in [0, 0.05) is 12.1 Å². The zero-order chi connectivity index (χ0) is 18.7. The van der Waals surface area contributed by atoms with Crippen molar-refractivity contribution in [2.45, 2.75) is 12.0 Å². The van der Waals surface area contributed by atoms with E-state index in [0.29, 0.717) is 24.1 Å². The number of carbonyl (C=O) groups is 2. The first kappa shape index (κ1) is 18.1. The van der Waals surface area contributed by atoms with Crippen molar-refractivity contribution in [3.8, 4) is 11.1 Å². The first-order chi connectivity index (χ1) is 12.5. The number of β-amino-alcohol motifs (C(OH)–C–C–N with tert-alkyl or cyclic N) is 1. The fourth-order valence-corrected chi connectivity index (χ4v) is 3.06. The van der Waals surface area contributed by atoms with E-state index in [0.717, 1.165) is 11.1 Å². The molecular weight excluding hydrogens is 334 g/mol. The summed E-state index contributed by atoms with van der Waals surface area (Å²) in [6.07, 6.45) is 0.375. The second kappa shape index (κ2) is 7.27. The summed E-state index contributed by atoms with van der Waals surface area (Å²) in [5.74, 6) is -0.548. The van der Waals surface area contributed by atoms with Crippen LogP contribution in [0.2, 0.25) is 0 Å². The molecule has 3 rings (SSSR count). The lowest BCUT2D eigenvalue weighted by molar-refractivity contribution is -0.00455. The molecule has 2 aromatic carbocycles. The molecule has 1 saturated heterocycles. The van der Waals surface area contributed by atoms with Crippen LogP contribution in [-0.2, 0) is 4.74 Å². The molecule has 0 unspecified atom stereocenters. The van der Waals surface area contributed by atoms with Gasteiger partial charge in [0.2, 0.25) is 0 Å². The van der Waals surface area contributed by atoms with Crippen LogP contribution in [0, 0.1) is 0 Å². The van der Waals surface area contributed by atoms with Gasteiger partial charge in [-0.2, -0.15) is 0 Å². The Morgan fingerprint density at radius 3 is 2.04 bits per heavy atom. The molecule has 6 nitrogen and oxygen atoms in total. The number of esters is 1. The topological polar surface area (TPSA) is 87.1 Å². The van der Waals surface area contributed by atoms with E-state index in [-0.39, 0.29) is 25.0 Å². The highest BCUT2D eigenvalue weighted by atomic mass is 16.5. The van der Waals surface area contributed by atoms with E-state index in [4.69, 9.17) is 0 Å². The summed E-state index contributed by atoms with van der Waals surface area (Å²) in [7, 11) is 1.34. The molecule has 1 atom stereocenters. The van der Waals surface area contributed by atoms with Gasteiger partial charge in [-0.25, -0.2) is 4.79 Å². The van der Waals surface area contributed by atoms with E-state index in [1.165, 1.54) is 7.11 Å². The number of carbonyl (C=O) groups excluding carboxylic acids is 2. The molecule has 136 valence electrons. The predicted octanol–water partition coefficient (Wildman–Crippen LogP) is 1.71. The molecular formula is C20H21NO5. The number of benzene rings is 2. The summed E-state index contributed by atoms with van der Waals surface area (Å²) in [5.41, 5.74) is 1.66. The van der Waals surface area contributed by atoms with E-state index < -0.39 is 5.60 Å². The number of rotatable bonds is 4. The van der Waals surface area contributed by atoms with Gasteiger partial charge < -0.3 is 19.8 Å². The van der Waals surface area contributed by atoms with E-state index >= 15 is 0 Å². The van der Waals surface area contributed by atoms with Crippen LogP contribution in [-0.4, -0.2) is 59.4 Å². The lowest BCUT2D eigenvalue weighted by atomic mass is 10.0. The van der Waals surface area contributed by atoms with Crippen molar-refractivity contribution in [1.29, 1.82) is 0 Å². The van der Waals surface area contributed by atoms with Crippen LogP contribution in [0.15, 0.2) is 48.5 Å². The van der Waals surface area contributed by atoms with Gasteiger partial charge >= 0.3 is 5.97 Å². The van der Waals surface area contributed by atoms with Crippen molar-refractivity contribution < 1.29 is 24.5 Å². The van der Waals surface area contributed by atoms with Crippen molar-refractivity contribution in [2.75, 3.05) is 26.8 Å². The van der Waals surface area contributed by atoms with Gasteiger partial charge in [-0.1, -0.05) is 24.3 Å². The van der Waals surface area contributed by atoms with Crippen molar-refractivity contribution in [1.82, 2.24) is 4.90 Å². The van der Waals surface area contributed by atoms with Crippen LogP contribution < -0.4 is 0 Å². The van der Waals surface area contributed by atoms with Crippen molar-refractivity contribution in [3.05, 3.63) is 59.7 Å². The van der Waals surface area contributed by atoms with Gasteiger partial charge in [-0.05, 0) is 41.8 Å². The van der Waals surface area contributed by atoms with Crippen LogP contribution >= 0.6 is 0 Å². The van der Waals surface area contributed by atoms with Crippen molar-refractivity contribution in [2.24, 2.45) is 0 Å². The smallest absolute Gasteiger partial charge is 0.337 e. The summed E-state index contributed by atoms with van der Waals surface area (Å²) in [5, 5.41) is 19.3. The van der Waals surface area contributed by atoms with Crippen LogP contribution in [0.5, 0.6) is 0 Å². The maximum Gasteiger partial charge on any atom is 0.337 e. The summed E-state index contributed by atoms with van der Waals surface area (Å²) in [6, 6.07) is 14.2. The minimum atomic E-state index is -1.20. The number of likely N-dealkylation sites (tertiary alicyclic amines) is 1. The van der Waals surface area contributed by atoms with E-state index in [2.05, 4.69) is 4.74 Å². The maximum atomic E-state index is 12.5. The third kappa shape index (κ3) is 3.61. The average Bonchev–Trinajstić information content (AvgIpc) is 3.10. The molecule has 0 radical (unpaired) electrons. The fraction of sp³-hybridized carbons (Fsp3) is 0.300. The maximum absolute atomic E-state index is 12.5.